The van der Waals surface area contributed by atoms with Gasteiger partial charge in [0.15, 0.2) is 5.65 Å². The number of aryl methyl sites for hydroxylation is 1. The number of anilines is 1. The number of rotatable bonds is 8. The van der Waals surface area contributed by atoms with Crippen LogP contribution in [0, 0.1) is 0 Å². The van der Waals surface area contributed by atoms with Crippen LogP contribution in [0.25, 0.3) is 16.9 Å². The molecule has 5 heterocycles. The van der Waals surface area contributed by atoms with Crippen LogP contribution in [0.1, 0.15) is 16.4 Å². The van der Waals surface area contributed by atoms with Gasteiger partial charge in [0, 0.05) is 50.5 Å². The van der Waals surface area contributed by atoms with E-state index in [0.717, 1.165) is 19.2 Å². The predicted molar refractivity (Wildman–Crippen MR) is 140 cm³/mol. The first-order valence-electron chi connectivity index (χ1n) is 12.3. The van der Waals surface area contributed by atoms with Crippen molar-refractivity contribution in [2.45, 2.75) is 22.4 Å². The highest BCUT2D eigenvalue weighted by Crippen LogP contribution is 2.38. The van der Waals surface area contributed by atoms with Crippen LogP contribution in [0.2, 0.25) is 0 Å². The second-order valence-electron chi connectivity index (χ2n) is 9.54. The summed E-state index contributed by atoms with van der Waals surface area (Å²) >= 11 is 0. The number of halogens is 2. The molecule has 0 spiro atoms. The van der Waals surface area contributed by atoms with Gasteiger partial charge in [-0.2, -0.15) is 24.1 Å². The Bertz CT molecular complexity index is 1880. The normalized spacial score (nSPS) is 14.5. The van der Waals surface area contributed by atoms with E-state index in [1.165, 1.54) is 52.3 Å². The van der Waals surface area contributed by atoms with Crippen molar-refractivity contribution < 1.29 is 26.7 Å². The number of likely N-dealkylation sites (N-methyl/N-ethyl adjacent to an activating group) is 1. The molecule has 0 bridgehead atoms. The molecule has 5 aromatic rings. The molecule has 1 amide bonds. The molecule has 41 heavy (non-hydrogen) atoms. The van der Waals surface area contributed by atoms with E-state index in [-0.39, 0.29) is 44.1 Å². The van der Waals surface area contributed by atoms with Crippen molar-refractivity contribution in [2.24, 2.45) is 7.05 Å². The zero-order chi connectivity index (χ0) is 28.9. The van der Waals surface area contributed by atoms with Crippen molar-refractivity contribution >= 4 is 27.1 Å². The summed E-state index contributed by atoms with van der Waals surface area (Å²) in [5, 5.41) is 15.3. The van der Waals surface area contributed by atoms with Gasteiger partial charge in [0.2, 0.25) is 9.84 Å². The second kappa shape index (κ2) is 10.0. The van der Waals surface area contributed by atoms with E-state index >= 15 is 0 Å². The van der Waals surface area contributed by atoms with Crippen LogP contribution < -0.4 is 10.1 Å². The first-order valence-corrected chi connectivity index (χ1v) is 13.8. The fraction of sp³-hybridized carbons (Fsp3) is 0.240. The number of aromatic nitrogens is 7. The Labute approximate surface area is 231 Å². The van der Waals surface area contributed by atoms with E-state index in [1.54, 1.807) is 24.0 Å². The van der Waals surface area contributed by atoms with Gasteiger partial charge in [0.05, 0.1) is 29.0 Å². The van der Waals surface area contributed by atoms with Gasteiger partial charge >= 0.3 is 6.61 Å². The Morgan fingerprint density at radius 1 is 1.12 bits per heavy atom. The average Bonchev–Trinajstić information content (AvgIpc) is 3.65. The predicted octanol–water partition coefficient (Wildman–Crippen LogP) is 2.50. The molecule has 0 radical (unpaired) electrons. The maximum atomic E-state index is 13.5. The van der Waals surface area contributed by atoms with Crippen molar-refractivity contribution in [3.8, 4) is 17.0 Å². The molecule has 1 fully saturated rings. The van der Waals surface area contributed by atoms with Crippen molar-refractivity contribution in [2.75, 3.05) is 25.5 Å². The number of carbonyl (C=O) groups excluding carboxylic acids is 1. The minimum Gasteiger partial charge on any atom is -0.434 e. The minimum absolute atomic E-state index is 0.0196. The zero-order valence-corrected chi connectivity index (χ0v) is 22.5. The Morgan fingerprint density at radius 3 is 2.68 bits per heavy atom. The monoisotopic (exact) mass is 583 g/mol. The quantitative estimate of drug-likeness (QED) is 0.292. The molecule has 4 aromatic heterocycles. The van der Waals surface area contributed by atoms with Crippen molar-refractivity contribution in [3.05, 3.63) is 67.0 Å². The lowest BCUT2D eigenvalue weighted by Gasteiger charge is -2.36. The van der Waals surface area contributed by atoms with Crippen LogP contribution >= 0.6 is 0 Å². The van der Waals surface area contributed by atoms with E-state index in [0.29, 0.717) is 5.65 Å². The number of fused-ring (bicyclic) bond motifs is 1. The van der Waals surface area contributed by atoms with Crippen molar-refractivity contribution in [1.29, 1.82) is 0 Å². The van der Waals surface area contributed by atoms with E-state index in [2.05, 4.69) is 30.5 Å². The lowest BCUT2D eigenvalue weighted by Crippen LogP contribution is -2.45. The van der Waals surface area contributed by atoms with Crippen molar-refractivity contribution in [3.63, 3.8) is 0 Å². The molecule has 1 aliphatic rings. The molecule has 0 atom stereocenters. The molecule has 0 saturated carbocycles. The maximum Gasteiger partial charge on any atom is 0.387 e. The highest BCUT2D eigenvalue weighted by atomic mass is 32.2. The first-order chi connectivity index (χ1) is 19.6. The number of alkyl halides is 2. The van der Waals surface area contributed by atoms with E-state index in [1.807, 2.05) is 7.05 Å². The molecule has 16 heteroatoms. The summed E-state index contributed by atoms with van der Waals surface area (Å²) in [6, 6.07) is 5.22. The second-order valence-corrected chi connectivity index (χ2v) is 11.5. The molecule has 1 aliphatic heterocycles. The largest absolute Gasteiger partial charge is 0.434 e. The lowest BCUT2D eigenvalue weighted by molar-refractivity contribution is -0.0494. The van der Waals surface area contributed by atoms with Crippen LogP contribution in [0.3, 0.4) is 0 Å². The van der Waals surface area contributed by atoms with E-state index in [9.17, 15) is 22.0 Å². The summed E-state index contributed by atoms with van der Waals surface area (Å²) in [6.07, 6.45) is 8.65. The number of hydrogen-bond acceptors (Lipinski definition) is 9. The van der Waals surface area contributed by atoms with E-state index < -0.39 is 22.4 Å². The Kier molecular flexibility index (Phi) is 6.50. The lowest BCUT2D eigenvalue weighted by atomic mass is 10.1. The number of benzene rings is 1. The minimum atomic E-state index is -4.10. The number of nitrogens with zero attached hydrogens (tertiary/aromatic N) is 8. The van der Waals surface area contributed by atoms with Gasteiger partial charge in [0.25, 0.3) is 5.91 Å². The summed E-state index contributed by atoms with van der Waals surface area (Å²) < 4.78 is 62.9. The number of carbonyl (C=O) groups is 1. The summed E-state index contributed by atoms with van der Waals surface area (Å²) in [5.74, 6) is -0.902. The van der Waals surface area contributed by atoms with Gasteiger partial charge in [-0.05, 0) is 31.3 Å². The van der Waals surface area contributed by atoms with Crippen LogP contribution in [0.4, 0.5) is 14.5 Å². The molecule has 1 saturated heterocycles. The molecular weight excluding hydrogens is 560 g/mol. The van der Waals surface area contributed by atoms with Gasteiger partial charge in [-0.1, -0.05) is 0 Å². The summed E-state index contributed by atoms with van der Waals surface area (Å²) in [5.41, 5.74) is 0.553. The van der Waals surface area contributed by atoms with Crippen LogP contribution in [0.15, 0.2) is 71.2 Å². The number of amides is 1. The smallest absolute Gasteiger partial charge is 0.387 e. The Hall–Kier alpha value is -4.70. The third-order valence-corrected chi connectivity index (χ3v) is 8.35. The SMILES string of the molecule is CN1CC(n2cc(S(=O)(=O)c3ccc(OC(F)F)c(-c4nn(C)cc4NC(=O)c4cnn5cccnc45)c3)cn2)C1. The van der Waals surface area contributed by atoms with Gasteiger partial charge < -0.3 is 15.0 Å². The molecule has 1 aromatic carbocycles. The number of ether oxygens (including phenoxy) is 1. The summed E-state index contributed by atoms with van der Waals surface area (Å²) in [4.78, 5) is 19.2. The molecule has 13 nitrogen and oxygen atoms in total. The molecule has 0 aliphatic carbocycles. The zero-order valence-electron chi connectivity index (χ0n) is 21.7. The summed E-state index contributed by atoms with van der Waals surface area (Å²) in [7, 11) is -0.579. The number of sulfone groups is 1. The highest BCUT2D eigenvalue weighted by molar-refractivity contribution is 7.91. The molecule has 6 rings (SSSR count). The molecular formula is C25H23F2N9O4S. The Morgan fingerprint density at radius 2 is 1.93 bits per heavy atom. The van der Waals surface area contributed by atoms with Crippen LogP contribution in [-0.2, 0) is 16.9 Å². The van der Waals surface area contributed by atoms with Crippen LogP contribution in [-0.4, -0.2) is 80.1 Å². The van der Waals surface area contributed by atoms with Gasteiger partial charge in [-0.25, -0.2) is 17.9 Å². The maximum absolute atomic E-state index is 13.5. The van der Waals surface area contributed by atoms with Gasteiger partial charge in [-0.15, -0.1) is 0 Å². The fourth-order valence-corrected chi connectivity index (χ4v) is 5.87. The molecule has 1 N–H and O–H groups in total. The fourth-order valence-electron chi connectivity index (χ4n) is 4.64. The van der Waals surface area contributed by atoms with E-state index in [4.69, 9.17) is 4.74 Å². The summed E-state index contributed by atoms with van der Waals surface area (Å²) in [6.45, 7) is -1.71. The van der Waals surface area contributed by atoms with Gasteiger partial charge in [0.1, 0.15) is 21.9 Å². The highest BCUT2D eigenvalue weighted by Gasteiger charge is 2.29. The van der Waals surface area contributed by atoms with Gasteiger partial charge in [-0.3, -0.25) is 14.2 Å². The average molecular weight is 584 g/mol. The molecule has 212 valence electrons. The third-order valence-electron chi connectivity index (χ3n) is 6.64. The number of nitrogens with one attached hydrogen (secondary N) is 1. The number of likely N-dealkylation sites (tertiary alicyclic amines) is 1. The Balaban J connectivity index is 1.38. The standard InChI is InChI=1S/C25H23F2N9O4S/c1-33-11-15(12-33)36-13-17(9-29-36)41(38,39)16-4-5-21(40-25(26)27)18(8-16)22-20(14-34(2)32-22)31-24(37)19-10-30-35-7-3-6-28-23(19)35/h3-10,13-15,25H,11-12H2,1-2H3,(H,31,37). The first kappa shape index (κ1) is 26.5. The van der Waals surface area contributed by atoms with Crippen molar-refractivity contribution in [1.82, 2.24) is 39.1 Å². The van der Waals surface area contributed by atoms with Crippen LogP contribution in [0.5, 0.6) is 5.75 Å². The number of hydrogen-bond donors (Lipinski definition) is 1. The molecule has 0 unspecified atom stereocenters. The topological polar surface area (TPSA) is 142 Å². The third kappa shape index (κ3) is 4.91.